The van der Waals surface area contributed by atoms with E-state index in [1.54, 1.807) is 12.1 Å². The smallest absolute Gasteiger partial charge is 0.330 e. The number of aliphatic carboxylic acids is 1. The van der Waals surface area contributed by atoms with Crippen LogP contribution in [0.4, 0.5) is 0 Å². The van der Waals surface area contributed by atoms with Crippen molar-refractivity contribution in [3.05, 3.63) is 48.0 Å². The van der Waals surface area contributed by atoms with E-state index in [0.717, 1.165) is 11.6 Å². The van der Waals surface area contributed by atoms with E-state index >= 15 is 0 Å². The maximum absolute atomic E-state index is 10.5. The average Bonchev–Trinajstić information content (AvgIpc) is 2.16. The van der Waals surface area contributed by atoms with Crippen molar-refractivity contribution < 1.29 is 9.90 Å². The predicted octanol–water partition coefficient (Wildman–Crippen LogP) is 2.44. The van der Waals surface area contributed by atoms with E-state index in [-0.39, 0.29) is 5.70 Å². The van der Waals surface area contributed by atoms with Gasteiger partial charge in [-0.2, -0.15) is 0 Å². The molecular formula is C11H10BrNO2. The molecule has 0 saturated heterocycles. The fourth-order valence-corrected chi connectivity index (χ4v) is 1.53. The van der Waals surface area contributed by atoms with E-state index in [9.17, 15) is 4.79 Å². The van der Waals surface area contributed by atoms with Crippen LogP contribution >= 0.6 is 15.9 Å². The molecule has 78 valence electrons. The van der Waals surface area contributed by atoms with Gasteiger partial charge in [0.05, 0.1) is 0 Å². The third-order valence-corrected chi connectivity index (χ3v) is 2.24. The molecule has 3 N–H and O–H groups in total. The van der Waals surface area contributed by atoms with Crippen molar-refractivity contribution in [2.75, 3.05) is 0 Å². The number of hydrogen-bond donors (Lipinski definition) is 2. The summed E-state index contributed by atoms with van der Waals surface area (Å²) in [6, 6.07) is 7.18. The molecule has 3 nitrogen and oxygen atoms in total. The monoisotopic (exact) mass is 267 g/mol. The lowest BCUT2D eigenvalue weighted by Gasteiger charge is -2.07. The van der Waals surface area contributed by atoms with E-state index < -0.39 is 5.97 Å². The Bertz CT molecular complexity index is 438. The average molecular weight is 268 g/mol. The maximum atomic E-state index is 10.5. The quantitative estimate of drug-likeness (QED) is 0.827. The van der Waals surface area contributed by atoms with E-state index in [4.69, 9.17) is 10.8 Å². The third-order valence-electron chi connectivity index (χ3n) is 1.81. The summed E-state index contributed by atoms with van der Waals surface area (Å²) < 4.78 is 0.667. The van der Waals surface area contributed by atoms with Crippen LogP contribution in [-0.2, 0) is 4.79 Å². The molecule has 0 aliphatic rings. The summed E-state index contributed by atoms with van der Waals surface area (Å²) in [6.07, 6.45) is 0.967. The molecule has 0 fully saturated rings. The van der Waals surface area contributed by atoms with Crippen LogP contribution in [0.5, 0.6) is 0 Å². The van der Waals surface area contributed by atoms with Gasteiger partial charge in [-0.1, -0.05) is 46.8 Å². The second-order valence-corrected chi connectivity index (χ2v) is 3.85. The predicted molar refractivity (Wildman–Crippen MR) is 64.2 cm³/mol. The van der Waals surface area contributed by atoms with Crippen molar-refractivity contribution in [1.82, 2.24) is 0 Å². The van der Waals surface area contributed by atoms with Crippen molar-refractivity contribution >= 4 is 32.1 Å². The standard InChI is InChI=1S/C11H10BrNO2/c1-7(12)8-4-2-3-5-9(8)10(13)6-11(14)15/h2-6H,1,13H2,(H,14,15)/b10-6-. The lowest BCUT2D eigenvalue weighted by molar-refractivity contribution is -0.131. The van der Waals surface area contributed by atoms with Gasteiger partial charge in [-0.15, -0.1) is 0 Å². The molecule has 1 aromatic carbocycles. The summed E-state index contributed by atoms with van der Waals surface area (Å²) in [5.41, 5.74) is 7.30. The second-order valence-electron chi connectivity index (χ2n) is 2.89. The first-order valence-corrected chi connectivity index (χ1v) is 4.96. The Hall–Kier alpha value is -1.55. The van der Waals surface area contributed by atoms with Gasteiger partial charge in [0.2, 0.25) is 0 Å². The lowest BCUT2D eigenvalue weighted by atomic mass is 10.0. The van der Waals surface area contributed by atoms with Crippen molar-refractivity contribution in [3.8, 4) is 0 Å². The molecule has 0 spiro atoms. The van der Waals surface area contributed by atoms with Gasteiger partial charge in [-0.05, 0) is 5.56 Å². The van der Waals surface area contributed by atoms with Crippen LogP contribution < -0.4 is 5.73 Å². The molecule has 0 saturated carbocycles. The van der Waals surface area contributed by atoms with Gasteiger partial charge >= 0.3 is 5.97 Å². The Morgan fingerprint density at radius 1 is 1.40 bits per heavy atom. The Balaban J connectivity index is 3.25. The van der Waals surface area contributed by atoms with Gasteiger partial charge in [0.25, 0.3) is 0 Å². The van der Waals surface area contributed by atoms with Gasteiger partial charge in [0.1, 0.15) is 0 Å². The van der Waals surface area contributed by atoms with E-state index in [0.29, 0.717) is 10.0 Å². The Kier molecular flexibility index (Phi) is 3.68. The minimum absolute atomic E-state index is 0.207. The zero-order valence-electron chi connectivity index (χ0n) is 7.90. The number of carbonyl (C=O) groups is 1. The molecule has 0 aliphatic heterocycles. The fraction of sp³-hybridized carbons (Fsp3) is 0. The summed E-state index contributed by atoms with van der Waals surface area (Å²) in [4.78, 5) is 10.5. The maximum Gasteiger partial charge on any atom is 0.330 e. The van der Waals surface area contributed by atoms with Gasteiger partial charge in [-0.25, -0.2) is 4.79 Å². The first kappa shape index (κ1) is 11.5. The Morgan fingerprint density at radius 2 is 1.93 bits per heavy atom. The highest BCUT2D eigenvalue weighted by Gasteiger charge is 2.06. The molecule has 0 aromatic heterocycles. The van der Waals surface area contributed by atoms with Crippen LogP contribution in [0.15, 0.2) is 36.9 Å². The highest BCUT2D eigenvalue weighted by Crippen LogP contribution is 2.25. The molecule has 0 atom stereocenters. The van der Waals surface area contributed by atoms with E-state index in [1.807, 2.05) is 12.1 Å². The van der Waals surface area contributed by atoms with Crippen LogP contribution in [0.25, 0.3) is 10.2 Å². The number of rotatable bonds is 3. The molecule has 0 heterocycles. The molecule has 0 unspecified atom stereocenters. The van der Waals surface area contributed by atoms with Crippen LogP contribution in [-0.4, -0.2) is 11.1 Å². The number of halogens is 1. The Morgan fingerprint density at radius 3 is 2.40 bits per heavy atom. The van der Waals surface area contributed by atoms with Crippen molar-refractivity contribution in [3.63, 3.8) is 0 Å². The second kappa shape index (κ2) is 4.79. The minimum Gasteiger partial charge on any atom is -0.478 e. The van der Waals surface area contributed by atoms with Crippen LogP contribution in [0.2, 0.25) is 0 Å². The zero-order chi connectivity index (χ0) is 11.4. The number of carboxylic acids is 1. The molecule has 1 aromatic rings. The van der Waals surface area contributed by atoms with Crippen molar-refractivity contribution in [2.45, 2.75) is 0 Å². The van der Waals surface area contributed by atoms with Crippen molar-refractivity contribution in [1.29, 1.82) is 0 Å². The van der Waals surface area contributed by atoms with Crippen LogP contribution in [0.1, 0.15) is 11.1 Å². The fourth-order valence-electron chi connectivity index (χ4n) is 1.18. The number of nitrogens with two attached hydrogens (primary N) is 1. The van der Waals surface area contributed by atoms with E-state index in [2.05, 4.69) is 22.5 Å². The van der Waals surface area contributed by atoms with Gasteiger partial charge < -0.3 is 10.8 Å². The largest absolute Gasteiger partial charge is 0.478 e. The molecule has 1 rings (SSSR count). The third kappa shape index (κ3) is 2.95. The normalized spacial score (nSPS) is 11.1. The summed E-state index contributed by atoms with van der Waals surface area (Å²) in [7, 11) is 0. The molecule has 0 bridgehead atoms. The van der Waals surface area contributed by atoms with Gasteiger partial charge in [0.15, 0.2) is 0 Å². The summed E-state index contributed by atoms with van der Waals surface area (Å²) in [6.45, 7) is 3.73. The van der Waals surface area contributed by atoms with Gasteiger partial charge in [-0.3, -0.25) is 0 Å². The number of hydrogen-bond acceptors (Lipinski definition) is 2. The topological polar surface area (TPSA) is 63.3 Å². The Labute approximate surface area is 96.0 Å². The molecular weight excluding hydrogens is 258 g/mol. The minimum atomic E-state index is -1.07. The van der Waals surface area contributed by atoms with Crippen molar-refractivity contribution in [2.24, 2.45) is 5.73 Å². The highest BCUT2D eigenvalue weighted by atomic mass is 79.9. The molecule has 0 aliphatic carbocycles. The molecule has 15 heavy (non-hydrogen) atoms. The molecule has 0 amide bonds. The van der Waals surface area contributed by atoms with E-state index in [1.165, 1.54) is 0 Å². The van der Waals surface area contributed by atoms with Crippen LogP contribution in [0.3, 0.4) is 0 Å². The molecule has 0 radical (unpaired) electrons. The summed E-state index contributed by atoms with van der Waals surface area (Å²) >= 11 is 3.24. The lowest BCUT2D eigenvalue weighted by Crippen LogP contribution is -2.02. The summed E-state index contributed by atoms with van der Waals surface area (Å²) in [5.74, 6) is -1.07. The first-order valence-electron chi connectivity index (χ1n) is 4.16. The number of benzene rings is 1. The highest BCUT2D eigenvalue weighted by molar-refractivity contribution is 9.15. The zero-order valence-corrected chi connectivity index (χ0v) is 9.49. The SMILES string of the molecule is C=C(Br)c1ccccc1/C(N)=C/C(=O)O. The molecule has 4 heteroatoms. The first-order chi connectivity index (χ1) is 7.02. The number of carboxylic acid groups (broad SMARTS) is 1. The van der Waals surface area contributed by atoms with Gasteiger partial charge in [0, 0.05) is 21.8 Å². The summed E-state index contributed by atoms with van der Waals surface area (Å²) in [5, 5.41) is 8.58. The van der Waals surface area contributed by atoms with Crippen LogP contribution in [0, 0.1) is 0 Å².